The lowest BCUT2D eigenvalue weighted by Gasteiger charge is -2.17. The van der Waals surface area contributed by atoms with Crippen molar-refractivity contribution in [1.29, 1.82) is 0 Å². The van der Waals surface area contributed by atoms with Crippen LogP contribution in [0, 0.1) is 5.82 Å². The van der Waals surface area contributed by atoms with Gasteiger partial charge < -0.3 is 10.1 Å². The van der Waals surface area contributed by atoms with Crippen LogP contribution in [-0.2, 0) is 10.2 Å². The largest absolute Gasteiger partial charge is 0.450 e. The molecule has 92 valence electrons. The number of nitrogens with one attached hydrogen (secondary N) is 1. The first kappa shape index (κ1) is 11.9. The van der Waals surface area contributed by atoms with Crippen molar-refractivity contribution in [3.05, 3.63) is 35.6 Å². The van der Waals surface area contributed by atoms with Crippen molar-refractivity contribution in [2.75, 3.05) is 13.2 Å². The van der Waals surface area contributed by atoms with Crippen LogP contribution in [0.4, 0.5) is 9.18 Å². The van der Waals surface area contributed by atoms with E-state index in [4.69, 9.17) is 4.74 Å². The summed E-state index contributed by atoms with van der Waals surface area (Å²) < 4.78 is 18.4. The van der Waals surface area contributed by atoms with Gasteiger partial charge in [0.1, 0.15) is 5.82 Å². The van der Waals surface area contributed by atoms with Gasteiger partial charge in [-0.1, -0.05) is 18.2 Å². The second-order valence-corrected chi connectivity index (χ2v) is 4.33. The summed E-state index contributed by atoms with van der Waals surface area (Å²) in [5.41, 5.74) is 0.467. The Bertz CT molecular complexity index is 416. The highest BCUT2D eigenvalue weighted by Crippen LogP contribution is 2.48. The molecule has 0 unspecified atom stereocenters. The van der Waals surface area contributed by atoms with Gasteiger partial charge in [0.15, 0.2) is 0 Å². The SMILES string of the molecule is CCOC(=O)NCC1(c2ccccc2F)CC1. The van der Waals surface area contributed by atoms with Crippen LogP contribution < -0.4 is 5.32 Å². The van der Waals surface area contributed by atoms with Gasteiger partial charge in [0, 0.05) is 12.0 Å². The Kier molecular flexibility index (Phi) is 3.31. The van der Waals surface area contributed by atoms with Gasteiger partial charge in [-0.05, 0) is 31.4 Å². The molecule has 0 radical (unpaired) electrons. The Hall–Kier alpha value is -1.58. The van der Waals surface area contributed by atoms with Crippen molar-refractivity contribution in [2.45, 2.75) is 25.2 Å². The molecule has 1 aliphatic carbocycles. The summed E-state index contributed by atoms with van der Waals surface area (Å²) in [6, 6.07) is 6.74. The summed E-state index contributed by atoms with van der Waals surface area (Å²) in [4.78, 5) is 11.2. The Morgan fingerprint density at radius 3 is 2.76 bits per heavy atom. The van der Waals surface area contributed by atoms with Gasteiger partial charge in [0.05, 0.1) is 6.61 Å². The van der Waals surface area contributed by atoms with Crippen LogP contribution in [0.1, 0.15) is 25.3 Å². The number of amides is 1. The second-order valence-electron chi connectivity index (χ2n) is 4.33. The lowest BCUT2D eigenvalue weighted by molar-refractivity contribution is 0.151. The molecule has 0 spiro atoms. The lowest BCUT2D eigenvalue weighted by Crippen LogP contribution is -2.33. The fourth-order valence-corrected chi connectivity index (χ4v) is 2.01. The third-order valence-corrected chi connectivity index (χ3v) is 3.15. The predicted octanol–water partition coefficient (Wildman–Crippen LogP) is 2.60. The lowest BCUT2D eigenvalue weighted by atomic mass is 9.95. The minimum absolute atomic E-state index is 0.198. The monoisotopic (exact) mass is 237 g/mol. The Labute approximate surface area is 100.0 Å². The highest BCUT2D eigenvalue weighted by atomic mass is 19.1. The van der Waals surface area contributed by atoms with E-state index >= 15 is 0 Å². The van der Waals surface area contributed by atoms with Crippen molar-refractivity contribution in [1.82, 2.24) is 5.32 Å². The second kappa shape index (κ2) is 4.73. The van der Waals surface area contributed by atoms with Crippen molar-refractivity contribution < 1.29 is 13.9 Å². The maximum absolute atomic E-state index is 13.7. The van der Waals surface area contributed by atoms with Gasteiger partial charge in [-0.15, -0.1) is 0 Å². The highest BCUT2D eigenvalue weighted by molar-refractivity contribution is 5.67. The van der Waals surface area contributed by atoms with Gasteiger partial charge in [0.2, 0.25) is 0 Å². The van der Waals surface area contributed by atoms with Gasteiger partial charge in [-0.2, -0.15) is 0 Å². The quantitative estimate of drug-likeness (QED) is 0.874. The molecular weight excluding hydrogens is 221 g/mol. The van der Waals surface area contributed by atoms with E-state index in [0.717, 1.165) is 12.8 Å². The smallest absolute Gasteiger partial charge is 0.407 e. The number of ether oxygens (including phenoxy) is 1. The fourth-order valence-electron chi connectivity index (χ4n) is 2.01. The van der Waals surface area contributed by atoms with Gasteiger partial charge >= 0.3 is 6.09 Å². The Morgan fingerprint density at radius 1 is 1.47 bits per heavy atom. The van der Waals surface area contributed by atoms with E-state index in [1.54, 1.807) is 19.1 Å². The summed E-state index contributed by atoms with van der Waals surface area (Å²) >= 11 is 0. The molecule has 1 aliphatic rings. The van der Waals surface area contributed by atoms with Gasteiger partial charge in [-0.3, -0.25) is 0 Å². The molecule has 1 saturated carbocycles. The zero-order chi connectivity index (χ0) is 12.3. The number of alkyl carbamates (subject to hydrolysis) is 1. The number of benzene rings is 1. The first-order chi connectivity index (χ1) is 8.18. The van der Waals surface area contributed by atoms with Gasteiger partial charge in [0.25, 0.3) is 0 Å². The summed E-state index contributed by atoms with van der Waals surface area (Å²) in [5, 5.41) is 2.68. The molecule has 17 heavy (non-hydrogen) atoms. The average Bonchev–Trinajstić information content (AvgIpc) is 3.09. The van der Waals surface area contributed by atoms with Crippen LogP contribution in [0.25, 0.3) is 0 Å². The number of carbonyl (C=O) groups is 1. The van der Waals surface area contributed by atoms with Crippen LogP contribution in [0.3, 0.4) is 0 Å². The average molecular weight is 237 g/mol. The van der Waals surface area contributed by atoms with Crippen molar-refractivity contribution in [3.8, 4) is 0 Å². The maximum atomic E-state index is 13.7. The molecule has 0 bridgehead atoms. The number of halogens is 1. The molecule has 0 aliphatic heterocycles. The number of hydrogen-bond donors (Lipinski definition) is 1. The molecule has 3 nitrogen and oxygen atoms in total. The van der Waals surface area contributed by atoms with Crippen molar-refractivity contribution in [2.24, 2.45) is 0 Å². The third kappa shape index (κ3) is 2.57. The van der Waals surface area contributed by atoms with Crippen molar-refractivity contribution in [3.63, 3.8) is 0 Å². The van der Waals surface area contributed by atoms with Crippen LogP contribution in [0.2, 0.25) is 0 Å². The summed E-state index contributed by atoms with van der Waals surface area (Å²) in [5.74, 6) is -0.198. The molecule has 1 amide bonds. The highest BCUT2D eigenvalue weighted by Gasteiger charge is 2.46. The molecule has 0 heterocycles. The number of hydrogen-bond acceptors (Lipinski definition) is 2. The van der Waals surface area contributed by atoms with E-state index in [1.165, 1.54) is 6.07 Å². The molecule has 1 fully saturated rings. The molecule has 0 atom stereocenters. The number of rotatable bonds is 4. The standard InChI is InChI=1S/C13H16FNO2/c1-2-17-12(16)15-9-13(7-8-13)10-5-3-4-6-11(10)14/h3-6H,2,7-9H2,1H3,(H,15,16). The maximum Gasteiger partial charge on any atom is 0.407 e. The minimum atomic E-state index is -0.435. The van der Waals surface area contributed by atoms with E-state index in [-0.39, 0.29) is 11.2 Å². The minimum Gasteiger partial charge on any atom is -0.450 e. The van der Waals surface area contributed by atoms with Gasteiger partial charge in [-0.25, -0.2) is 9.18 Å². The molecule has 0 saturated heterocycles. The summed E-state index contributed by atoms with van der Waals surface area (Å²) in [6.07, 6.45) is 1.37. The fraction of sp³-hybridized carbons (Fsp3) is 0.462. The summed E-state index contributed by atoms with van der Waals surface area (Å²) in [6.45, 7) is 2.54. The third-order valence-electron chi connectivity index (χ3n) is 3.15. The first-order valence-electron chi connectivity index (χ1n) is 5.83. The van der Waals surface area contributed by atoms with Crippen LogP contribution >= 0.6 is 0 Å². The Balaban J connectivity index is 2.01. The summed E-state index contributed by atoms with van der Waals surface area (Å²) in [7, 11) is 0. The molecule has 2 rings (SSSR count). The first-order valence-corrected chi connectivity index (χ1v) is 5.83. The van der Waals surface area contributed by atoms with Crippen LogP contribution in [0.5, 0.6) is 0 Å². The van der Waals surface area contributed by atoms with Crippen LogP contribution in [0.15, 0.2) is 24.3 Å². The van der Waals surface area contributed by atoms with E-state index in [0.29, 0.717) is 18.7 Å². The molecule has 0 aromatic heterocycles. The van der Waals surface area contributed by atoms with Crippen molar-refractivity contribution >= 4 is 6.09 Å². The van der Waals surface area contributed by atoms with E-state index in [2.05, 4.69) is 5.32 Å². The zero-order valence-electron chi connectivity index (χ0n) is 9.83. The van der Waals surface area contributed by atoms with E-state index in [1.807, 2.05) is 6.07 Å². The molecule has 1 N–H and O–H groups in total. The molecule has 4 heteroatoms. The topological polar surface area (TPSA) is 38.3 Å². The molecule has 1 aromatic carbocycles. The van der Waals surface area contributed by atoms with E-state index < -0.39 is 6.09 Å². The Morgan fingerprint density at radius 2 is 2.18 bits per heavy atom. The molecule has 1 aromatic rings. The predicted molar refractivity (Wildman–Crippen MR) is 62.3 cm³/mol. The zero-order valence-corrected chi connectivity index (χ0v) is 9.83. The van der Waals surface area contributed by atoms with E-state index in [9.17, 15) is 9.18 Å². The molecular formula is C13H16FNO2. The number of carbonyl (C=O) groups excluding carboxylic acids is 1. The van der Waals surface area contributed by atoms with Crippen LogP contribution in [-0.4, -0.2) is 19.2 Å². The normalized spacial score (nSPS) is 16.4.